The number of carbonyl (C=O) groups excluding carboxylic acids is 1. The molecule has 1 aromatic carbocycles. The lowest BCUT2D eigenvalue weighted by Crippen LogP contribution is -2.52. The molecule has 0 aromatic heterocycles. The van der Waals surface area contributed by atoms with Crippen LogP contribution in [0.2, 0.25) is 0 Å². The molecule has 1 saturated carbocycles. The van der Waals surface area contributed by atoms with Crippen molar-refractivity contribution in [2.24, 2.45) is 5.41 Å². The standard InChI is InChI=1S/C16H20FNO3/c1-10-6-7-12(17)11(9-10)14(19)18-13-5-3-4-8-16(13,2)15(20)21/h6-7,9,13H,3-5,8H2,1-2H3,(H,18,19)(H,20,21). The van der Waals surface area contributed by atoms with Gasteiger partial charge < -0.3 is 10.4 Å². The van der Waals surface area contributed by atoms with Gasteiger partial charge in [0.05, 0.1) is 11.0 Å². The molecule has 1 amide bonds. The van der Waals surface area contributed by atoms with Crippen molar-refractivity contribution in [2.45, 2.75) is 45.6 Å². The second-order valence-electron chi connectivity index (χ2n) is 5.98. The van der Waals surface area contributed by atoms with Crippen molar-refractivity contribution in [1.29, 1.82) is 0 Å². The summed E-state index contributed by atoms with van der Waals surface area (Å²) >= 11 is 0. The maximum atomic E-state index is 13.7. The average molecular weight is 293 g/mol. The van der Waals surface area contributed by atoms with Crippen molar-refractivity contribution in [3.05, 3.63) is 35.1 Å². The molecule has 0 saturated heterocycles. The van der Waals surface area contributed by atoms with E-state index in [1.807, 2.05) is 0 Å². The van der Waals surface area contributed by atoms with Crippen molar-refractivity contribution in [1.82, 2.24) is 5.32 Å². The highest BCUT2D eigenvalue weighted by atomic mass is 19.1. The van der Waals surface area contributed by atoms with Gasteiger partial charge in [-0.25, -0.2) is 4.39 Å². The molecule has 5 heteroatoms. The molecule has 0 spiro atoms. The summed E-state index contributed by atoms with van der Waals surface area (Å²) in [5.74, 6) is -2.06. The quantitative estimate of drug-likeness (QED) is 0.900. The molecule has 2 atom stereocenters. The molecule has 1 aromatic rings. The fourth-order valence-corrected chi connectivity index (χ4v) is 2.87. The van der Waals surface area contributed by atoms with E-state index in [9.17, 15) is 19.1 Å². The zero-order valence-electron chi connectivity index (χ0n) is 12.3. The maximum Gasteiger partial charge on any atom is 0.311 e. The Balaban J connectivity index is 2.21. The fraction of sp³-hybridized carbons (Fsp3) is 0.500. The summed E-state index contributed by atoms with van der Waals surface area (Å²) in [5.41, 5.74) is -0.242. The minimum absolute atomic E-state index is 0.0340. The van der Waals surface area contributed by atoms with E-state index in [0.717, 1.165) is 18.4 Å². The Morgan fingerprint density at radius 3 is 2.76 bits per heavy atom. The fourth-order valence-electron chi connectivity index (χ4n) is 2.87. The Morgan fingerprint density at radius 1 is 1.38 bits per heavy atom. The summed E-state index contributed by atoms with van der Waals surface area (Å²) in [7, 11) is 0. The number of aliphatic carboxylic acids is 1. The molecule has 1 aliphatic carbocycles. The molecular weight excluding hydrogens is 273 g/mol. The molecule has 2 N–H and O–H groups in total. The topological polar surface area (TPSA) is 66.4 Å². The van der Waals surface area contributed by atoms with E-state index in [1.54, 1.807) is 19.9 Å². The molecule has 0 radical (unpaired) electrons. The minimum atomic E-state index is -0.992. The van der Waals surface area contributed by atoms with Crippen LogP contribution in [-0.4, -0.2) is 23.0 Å². The predicted molar refractivity (Wildman–Crippen MR) is 76.6 cm³/mol. The van der Waals surface area contributed by atoms with Crippen LogP contribution in [0.15, 0.2) is 18.2 Å². The summed E-state index contributed by atoms with van der Waals surface area (Å²) in [6, 6.07) is 3.84. The van der Waals surface area contributed by atoms with Crippen LogP contribution in [0.1, 0.15) is 48.5 Å². The number of halogens is 1. The number of hydrogen-bond donors (Lipinski definition) is 2. The predicted octanol–water partition coefficient (Wildman–Crippen LogP) is 2.90. The Bertz CT molecular complexity index is 573. The van der Waals surface area contributed by atoms with Gasteiger partial charge in [0.1, 0.15) is 5.82 Å². The smallest absolute Gasteiger partial charge is 0.311 e. The normalized spacial score (nSPS) is 25.4. The van der Waals surface area contributed by atoms with Crippen LogP contribution < -0.4 is 5.32 Å². The van der Waals surface area contributed by atoms with Crippen LogP contribution >= 0.6 is 0 Å². The zero-order valence-corrected chi connectivity index (χ0v) is 12.3. The number of hydrogen-bond acceptors (Lipinski definition) is 2. The lowest BCUT2D eigenvalue weighted by Gasteiger charge is -2.38. The van der Waals surface area contributed by atoms with E-state index in [1.165, 1.54) is 12.1 Å². The van der Waals surface area contributed by atoms with Crippen molar-refractivity contribution < 1.29 is 19.1 Å². The molecule has 0 heterocycles. The van der Waals surface area contributed by atoms with Crippen molar-refractivity contribution in [3.8, 4) is 0 Å². The Labute approximate surface area is 123 Å². The van der Waals surface area contributed by atoms with E-state index in [-0.39, 0.29) is 5.56 Å². The van der Waals surface area contributed by atoms with Gasteiger partial charge in [-0.05, 0) is 38.8 Å². The van der Waals surface area contributed by atoms with Gasteiger partial charge in [0.25, 0.3) is 5.91 Å². The summed E-state index contributed by atoms with van der Waals surface area (Å²) < 4.78 is 13.7. The third-order valence-corrected chi connectivity index (χ3v) is 4.37. The minimum Gasteiger partial charge on any atom is -0.481 e. The number of benzene rings is 1. The van der Waals surface area contributed by atoms with E-state index in [0.29, 0.717) is 12.8 Å². The summed E-state index contributed by atoms with van der Waals surface area (Å²) in [4.78, 5) is 23.8. The van der Waals surface area contributed by atoms with Crippen LogP contribution in [0.4, 0.5) is 4.39 Å². The third kappa shape index (κ3) is 3.06. The highest BCUT2D eigenvalue weighted by molar-refractivity contribution is 5.95. The largest absolute Gasteiger partial charge is 0.481 e. The van der Waals surface area contributed by atoms with E-state index < -0.39 is 29.2 Å². The summed E-state index contributed by atoms with van der Waals surface area (Å²) in [6.45, 7) is 3.42. The lowest BCUT2D eigenvalue weighted by molar-refractivity contribution is -0.151. The number of rotatable bonds is 3. The molecule has 1 aliphatic rings. The average Bonchev–Trinajstić information content (AvgIpc) is 2.43. The zero-order chi connectivity index (χ0) is 15.6. The van der Waals surface area contributed by atoms with E-state index >= 15 is 0 Å². The summed E-state index contributed by atoms with van der Waals surface area (Å²) in [5, 5.41) is 12.1. The third-order valence-electron chi connectivity index (χ3n) is 4.37. The Kier molecular flexibility index (Phi) is 4.30. The number of aryl methyl sites for hydroxylation is 1. The molecule has 0 aliphatic heterocycles. The molecular formula is C16H20FNO3. The molecule has 4 nitrogen and oxygen atoms in total. The molecule has 1 fully saturated rings. The number of carboxylic acid groups (broad SMARTS) is 1. The molecule has 114 valence electrons. The highest BCUT2D eigenvalue weighted by Crippen LogP contribution is 2.36. The van der Waals surface area contributed by atoms with Crippen molar-refractivity contribution >= 4 is 11.9 Å². The SMILES string of the molecule is Cc1ccc(F)c(C(=O)NC2CCCCC2(C)C(=O)O)c1. The van der Waals surface area contributed by atoms with Gasteiger partial charge in [0.2, 0.25) is 0 Å². The van der Waals surface area contributed by atoms with Crippen LogP contribution in [0.25, 0.3) is 0 Å². The second kappa shape index (κ2) is 5.84. The number of carbonyl (C=O) groups is 2. The van der Waals surface area contributed by atoms with Crippen LogP contribution in [0, 0.1) is 18.2 Å². The first-order valence-corrected chi connectivity index (χ1v) is 7.15. The van der Waals surface area contributed by atoms with Gasteiger partial charge in [-0.1, -0.05) is 24.5 Å². The molecule has 2 rings (SSSR count). The monoisotopic (exact) mass is 293 g/mol. The number of nitrogens with one attached hydrogen (secondary N) is 1. The first kappa shape index (κ1) is 15.5. The Morgan fingerprint density at radius 2 is 2.10 bits per heavy atom. The number of amides is 1. The van der Waals surface area contributed by atoms with Gasteiger partial charge in [-0.15, -0.1) is 0 Å². The summed E-state index contributed by atoms with van der Waals surface area (Å²) in [6.07, 6.45) is 2.81. The maximum absolute atomic E-state index is 13.7. The van der Waals surface area contributed by atoms with E-state index in [4.69, 9.17) is 0 Å². The first-order valence-electron chi connectivity index (χ1n) is 7.15. The van der Waals surface area contributed by atoms with Gasteiger partial charge in [-0.3, -0.25) is 9.59 Å². The highest BCUT2D eigenvalue weighted by Gasteiger charge is 2.44. The van der Waals surface area contributed by atoms with Gasteiger partial charge in [0, 0.05) is 6.04 Å². The second-order valence-corrected chi connectivity index (χ2v) is 5.98. The van der Waals surface area contributed by atoms with Crippen LogP contribution in [-0.2, 0) is 4.79 Å². The van der Waals surface area contributed by atoms with Gasteiger partial charge >= 0.3 is 5.97 Å². The molecule has 0 bridgehead atoms. The first-order chi connectivity index (χ1) is 9.84. The van der Waals surface area contributed by atoms with Crippen molar-refractivity contribution in [2.75, 3.05) is 0 Å². The lowest BCUT2D eigenvalue weighted by atomic mass is 9.71. The van der Waals surface area contributed by atoms with Crippen molar-refractivity contribution in [3.63, 3.8) is 0 Å². The van der Waals surface area contributed by atoms with Crippen LogP contribution in [0.3, 0.4) is 0 Å². The van der Waals surface area contributed by atoms with Gasteiger partial charge in [-0.2, -0.15) is 0 Å². The number of carboxylic acids is 1. The van der Waals surface area contributed by atoms with Gasteiger partial charge in [0.15, 0.2) is 0 Å². The molecule has 2 unspecified atom stereocenters. The molecule has 21 heavy (non-hydrogen) atoms. The van der Waals surface area contributed by atoms with Crippen LogP contribution in [0.5, 0.6) is 0 Å². The van der Waals surface area contributed by atoms with E-state index in [2.05, 4.69) is 5.32 Å². The Hall–Kier alpha value is -1.91.